The van der Waals surface area contributed by atoms with Crippen molar-refractivity contribution in [1.29, 1.82) is 0 Å². The van der Waals surface area contributed by atoms with Gasteiger partial charge < -0.3 is 4.90 Å². The summed E-state index contributed by atoms with van der Waals surface area (Å²) < 4.78 is 0. The zero-order valence-electron chi connectivity index (χ0n) is 27.9. The van der Waals surface area contributed by atoms with Crippen molar-refractivity contribution in [2.75, 3.05) is 9.91 Å². The predicted octanol–water partition coefficient (Wildman–Crippen LogP) is 12.5. The summed E-state index contributed by atoms with van der Waals surface area (Å²) in [7, 11) is 0. The molecule has 0 spiro atoms. The molecule has 0 fully saturated rings. The Hall–Kier alpha value is -6.19. The maximum atomic E-state index is 4.84. The third kappa shape index (κ3) is 7.07. The first-order valence-electron chi connectivity index (χ1n) is 16.9. The van der Waals surface area contributed by atoms with Crippen LogP contribution in [0.2, 0.25) is 0 Å². The average Bonchev–Trinajstić information content (AvgIpc) is 3.16. The van der Waals surface area contributed by atoms with E-state index in [1.807, 2.05) is 47.6 Å². The Bertz CT molecular complexity index is 2160. The van der Waals surface area contributed by atoms with Crippen LogP contribution in [0.4, 0.5) is 28.4 Å². The molecule has 0 heterocycles. The average molecular weight is 634 g/mol. The van der Waals surface area contributed by atoms with Crippen molar-refractivity contribution in [3.63, 3.8) is 0 Å². The molecule has 49 heavy (non-hydrogen) atoms. The van der Waals surface area contributed by atoms with Gasteiger partial charge in [0.1, 0.15) is 0 Å². The smallest absolute Gasteiger partial charge is 0.0652 e. The van der Waals surface area contributed by atoms with E-state index in [1.54, 1.807) is 0 Å². The molecule has 0 aliphatic heterocycles. The molecule has 0 aromatic heterocycles. The minimum Gasteiger partial charge on any atom is -0.309 e. The van der Waals surface area contributed by atoms with Gasteiger partial charge in [-0.2, -0.15) is 5.10 Å². The number of hydrogen-bond donors (Lipinski definition) is 0. The van der Waals surface area contributed by atoms with E-state index in [4.69, 9.17) is 5.10 Å². The van der Waals surface area contributed by atoms with Crippen LogP contribution in [-0.2, 0) is 6.42 Å². The fraction of sp³-hybridized carbons (Fsp3) is 0.0652. The summed E-state index contributed by atoms with van der Waals surface area (Å²) in [5, 5.41) is 9.27. The topological polar surface area (TPSA) is 18.8 Å². The van der Waals surface area contributed by atoms with Crippen LogP contribution < -0.4 is 9.91 Å². The summed E-state index contributed by atoms with van der Waals surface area (Å²) in [6.45, 7) is 4.44. The standard InChI is InChI=1S/C46H39N3/c1-3-39-16-12-14-35(2)46(39)48(45-23-13-17-40-15-10-11-22-44(40)45)41-32-30-37(31-33-41)25-24-36-26-28-38(29-27-36)34-47-49(42-18-6-4-7-19-42)43-20-8-5-9-21-43/h4-34H,3H2,1-2H3. The van der Waals surface area contributed by atoms with E-state index in [0.29, 0.717) is 0 Å². The van der Waals surface area contributed by atoms with Crippen LogP contribution in [0.3, 0.4) is 0 Å². The van der Waals surface area contributed by atoms with Crippen molar-refractivity contribution in [2.45, 2.75) is 20.3 Å². The molecule has 0 radical (unpaired) electrons. The lowest BCUT2D eigenvalue weighted by Crippen LogP contribution is -2.14. The minimum atomic E-state index is 0.960. The number of anilines is 5. The second-order valence-electron chi connectivity index (χ2n) is 12.1. The first-order chi connectivity index (χ1) is 24.2. The summed E-state index contributed by atoms with van der Waals surface area (Å²) >= 11 is 0. The number of para-hydroxylation sites is 3. The summed E-state index contributed by atoms with van der Waals surface area (Å²) in [4.78, 5) is 2.43. The van der Waals surface area contributed by atoms with Gasteiger partial charge >= 0.3 is 0 Å². The number of aryl methyl sites for hydroxylation is 2. The predicted molar refractivity (Wildman–Crippen MR) is 211 cm³/mol. The van der Waals surface area contributed by atoms with E-state index in [2.05, 4.69) is 164 Å². The van der Waals surface area contributed by atoms with Gasteiger partial charge in [0.15, 0.2) is 0 Å². The van der Waals surface area contributed by atoms with Gasteiger partial charge in [0.05, 0.1) is 29.0 Å². The van der Waals surface area contributed by atoms with Crippen LogP contribution in [0, 0.1) is 6.92 Å². The number of rotatable bonds is 10. The Balaban J connectivity index is 1.13. The van der Waals surface area contributed by atoms with Crippen molar-refractivity contribution in [3.8, 4) is 0 Å². The third-order valence-electron chi connectivity index (χ3n) is 8.81. The van der Waals surface area contributed by atoms with Crippen molar-refractivity contribution in [2.24, 2.45) is 5.10 Å². The van der Waals surface area contributed by atoms with E-state index < -0.39 is 0 Å². The van der Waals surface area contributed by atoms with E-state index in [1.165, 1.54) is 33.3 Å². The number of hydrazone groups is 1. The number of hydrogen-bond acceptors (Lipinski definition) is 3. The number of fused-ring (bicyclic) bond motifs is 1. The Morgan fingerprint density at radius 2 is 1.06 bits per heavy atom. The molecule has 0 aliphatic rings. The Morgan fingerprint density at radius 3 is 1.71 bits per heavy atom. The van der Waals surface area contributed by atoms with Crippen LogP contribution >= 0.6 is 0 Å². The van der Waals surface area contributed by atoms with Gasteiger partial charge in [0.25, 0.3) is 0 Å². The molecule has 0 saturated heterocycles. The summed E-state index contributed by atoms with van der Waals surface area (Å²) in [6.07, 6.45) is 7.20. The largest absolute Gasteiger partial charge is 0.309 e. The highest BCUT2D eigenvalue weighted by atomic mass is 15.5. The van der Waals surface area contributed by atoms with Gasteiger partial charge in [-0.1, -0.05) is 146 Å². The molecule has 0 saturated carbocycles. The Kier molecular flexibility index (Phi) is 9.43. The van der Waals surface area contributed by atoms with Gasteiger partial charge in [0.2, 0.25) is 0 Å². The molecular weight excluding hydrogens is 595 g/mol. The lowest BCUT2D eigenvalue weighted by molar-refractivity contribution is 1.09. The summed E-state index contributed by atoms with van der Waals surface area (Å²) in [5.41, 5.74) is 11.5. The fourth-order valence-corrected chi connectivity index (χ4v) is 6.28. The first kappa shape index (κ1) is 31.4. The lowest BCUT2D eigenvalue weighted by atomic mass is 10.0. The highest BCUT2D eigenvalue weighted by Crippen LogP contribution is 2.42. The van der Waals surface area contributed by atoms with E-state index in [9.17, 15) is 0 Å². The monoisotopic (exact) mass is 633 g/mol. The second kappa shape index (κ2) is 14.7. The van der Waals surface area contributed by atoms with E-state index in [0.717, 1.165) is 40.2 Å². The molecule has 7 aromatic carbocycles. The SMILES string of the molecule is CCc1cccc(C)c1N(c1ccc(C=Cc2ccc(C=NN(c3ccccc3)c3ccccc3)cc2)cc1)c1cccc2ccccc12. The molecule has 0 bridgehead atoms. The molecule has 7 aromatic rings. The normalized spacial score (nSPS) is 11.4. The van der Waals surface area contributed by atoms with Crippen LogP contribution in [0.5, 0.6) is 0 Å². The molecule has 0 N–H and O–H groups in total. The summed E-state index contributed by atoms with van der Waals surface area (Å²) in [6, 6.07) is 59.6. The highest BCUT2D eigenvalue weighted by molar-refractivity contribution is 5.99. The van der Waals surface area contributed by atoms with Crippen LogP contribution in [-0.4, -0.2) is 6.21 Å². The number of nitrogens with zero attached hydrogens (tertiary/aromatic N) is 3. The summed E-state index contributed by atoms with van der Waals surface area (Å²) in [5.74, 6) is 0. The fourth-order valence-electron chi connectivity index (χ4n) is 6.28. The zero-order chi connectivity index (χ0) is 33.4. The maximum absolute atomic E-state index is 4.84. The Labute approximate surface area is 289 Å². The molecule has 0 aliphatic carbocycles. The van der Waals surface area contributed by atoms with Crippen molar-refractivity contribution >= 4 is 57.6 Å². The van der Waals surface area contributed by atoms with Gasteiger partial charge in [-0.25, -0.2) is 5.01 Å². The van der Waals surface area contributed by atoms with E-state index >= 15 is 0 Å². The van der Waals surface area contributed by atoms with Crippen molar-refractivity contribution in [3.05, 3.63) is 198 Å². The molecule has 238 valence electrons. The molecule has 0 amide bonds. The molecule has 0 atom stereocenters. The van der Waals surface area contributed by atoms with Gasteiger partial charge in [-0.3, -0.25) is 0 Å². The quantitative estimate of drug-likeness (QED) is 0.0848. The molecule has 3 nitrogen and oxygen atoms in total. The minimum absolute atomic E-state index is 0.960. The van der Waals surface area contributed by atoms with Gasteiger partial charge in [-0.15, -0.1) is 0 Å². The van der Waals surface area contributed by atoms with Gasteiger partial charge in [-0.05, 0) is 89.0 Å². The molecular formula is C46H39N3. The first-order valence-corrected chi connectivity index (χ1v) is 16.9. The lowest BCUT2D eigenvalue weighted by Gasteiger charge is -2.30. The van der Waals surface area contributed by atoms with E-state index in [-0.39, 0.29) is 0 Å². The molecule has 0 unspecified atom stereocenters. The molecule has 7 rings (SSSR count). The number of benzene rings is 7. The highest BCUT2D eigenvalue weighted by Gasteiger charge is 2.19. The zero-order valence-corrected chi connectivity index (χ0v) is 27.9. The maximum Gasteiger partial charge on any atom is 0.0652 e. The molecule has 3 heteroatoms. The Morgan fingerprint density at radius 1 is 0.510 bits per heavy atom. The van der Waals surface area contributed by atoms with Crippen LogP contribution in [0.15, 0.2) is 175 Å². The van der Waals surface area contributed by atoms with Gasteiger partial charge in [0, 0.05) is 11.1 Å². The van der Waals surface area contributed by atoms with Crippen molar-refractivity contribution in [1.82, 2.24) is 0 Å². The van der Waals surface area contributed by atoms with Crippen LogP contribution in [0.1, 0.15) is 34.7 Å². The van der Waals surface area contributed by atoms with Crippen molar-refractivity contribution < 1.29 is 0 Å². The van der Waals surface area contributed by atoms with Crippen LogP contribution in [0.25, 0.3) is 22.9 Å². The third-order valence-corrected chi connectivity index (χ3v) is 8.81. The second-order valence-corrected chi connectivity index (χ2v) is 12.1.